The quantitative estimate of drug-likeness (QED) is 0.539. The first kappa shape index (κ1) is 24.9. The minimum atomic E-state index is -3.55. The van der Waals surface area contributed by atoms with Gasteiger partial charge in [0.2, 0.25) is 10.0 Å². The summed E-state index contributed by atoms with van der Waals surface area (Å²) in [6.45, 7) is 2.57. The van der Waals surface area contributed by atoms with E-state index in [2.05, 4.69) is 21.8 Å². The molecular weight excluding hydrogens is 464 g/mol. The minimum Gasteiger partial charge on any atom is -0.497 e. The number of nitrogens with zero attached hydrogens (tertiary/aromatic N) is 3. The Morgan fingerprint density at radius 3 is 2.70 bits per heavy atom. The fourth-order valence-corrected chi connectivity index (χ4v) is 8.03. The molecule has 0 unspecified atom stereocenters. The number of hydrogen-bond acceptors (Lipinski definition) is 6. The Balaban J connectivity index is 1.47. The highest BCUT2D eigenvalue weighted by molar-refractivity contribution is 7.89. The van der Waals surface area contributed by atoms with Gasteiger partial charge < -0.3 is 4.74 Å². The fraction of sp³-hybridized carbons (Fsp3) is 0.727. The van der Waals surface area contributed by atoms with E-state index in [4.69, 9.17) is 4.74 Å². The smallest absolute Gasteiger partial charge is 0.278 e. The van der Waals surface area contributed by atoms with Crippen molar-refractivity contribution in [2.75, 3.05) is 53.1 Å². The lowest BCUT2D eigenvalue weighted by Crippen LogP contribution is -2.57. The second kappa shape index (κ2) is 9.79. The zero-order valence-corrected chi connectivity index (χ0v) is 21.4. The number of nitrogens with one attached hydrogen (secondary N) is 1. The summed E-state index contributed by atoms with van der Waals surface area (Å²) in [5.41, 5.74) is 2.59. The van der Waals surface area contributed by atoms with Crippen LogP contribution in [0.4, 0.5) is 0 Å². The van der Waals surface area contributed by atoms with Crippen LogP contribution in [0.1, 0.15) is 42.9 Å². The Bertz CT molecular complexity index is 1060. The first-order chi connectivity index (χ1) is 15.6. The van der Waals surface area contributed by atoms with Gasteiger partial charge in [-0.15, -0.1) is 0 Å². The van der Waals surface area contributed by atoms with Gasteiger partial charge in [-0.25, -0.2) is 13.1 Å². The van der Waals surface area contributed by atoms with Gasteiger partial charge in [0.05, 0.1) is 12.9 Å². The highest BCUT2D eigenvalue weighted by Crippen LogP contribution is 2.44. The van der Waals surface area contributed by atoms with Crippen LogP contribution in [-0.2, 0) is 26.7 Å². The molecule has 0 radical (unpaired) electrons. The van der Waals surface area contributed by atoms with Crippen LogP contribution < -0.4 is 9.46 Å². The van der Waals surface area contributed by atoms with Crippen molar-refractivity contribution in [3.63, 3.8) is 0 Å². The van der Waals surface area contributed by atoms with Crippen molar-refractivity contribution >= 4 is 20.2 Å². The Morgan fingerprint density at radius 2 is 1.97 bits per heavy atom. The van der Waals surface area contributed by atoms with Gasteiger partial charge in [-0.2, -0.15) is 17.0 Å². The highest BCUT2D eigenvalue weighted by atomic mass is 32.2. The van der Waals surface area contributed by atoms with Crippen LogP contribution in [0.3, 0.4) is 0 Å². The van der Waals surface area contributed by atoms with Gasteiger partial charge in [0, 0.05) is 52.4 Å². The Morgan fingerprint density at radius 1 is 1.18 bits per heavy atom. The van der Waals surface area contributed by atoms with E-state index in [-0.39, 0.29) is 30.8 Å². The summed E-state index contributed by atoms with van der Waals surface area (Å²) in [6.07, 6.45) is 3.97. The maximum atomic E-state index is 13.3. The molecule has 2 saturated heterocycles. The van der Waals surface area contributed by atoms with Gasteiger partial charge in [-0.05, 0) is 61.3 Å². The largest absolute Gasteiger partial charge is 0.497 e. The zero-order chi connectivity index (χ0) is 23.8. The summed E-state index contributed by atoms with van der Waals surface area (Å²) in [6, 6.07) is 6.45. The molecule has 0 aliphatic carbocycles. The molecule has 4 rings (SSSR count). The molecule has 11 heteroatoms. The lowest BCUT2D eigenvalue weighted by atomic mass is 9.77. The lowest BCUT2D eigenvalue weighted by Gasteiger charge is -2.51. The van der Waals surface area contributed by atoms with E-state index in [1.54, 1.807) is 11.4 Å². The van der Waals surface area contributed by atoms with Crippen LogP contribution >= 0.6 is 0 Å². The predicted octanol–water partition coefficient (Wildman–Crippen LogP) is 1.19. The van der Waals surface area contributed by atoms with Gasteiger partial charge in [-0.3, -0.25) is 4.90 Å². The van der Waals surface area contributed by atoms with E-state index in [1.165, 1.54) is 25.2 Å². The third-order valence-electron chi connectivity index (χ3n) is 7.32. The van der Waals surface area contributed by atoms with Crippen molar-refractivity contribution in [3.8, 4) is 5.75 Å². The molecule has 0 saturated carbocycles. The third kappa shape index (κ3) is 5.23. The van der Waals surface area contributed by atoms with Gasteiger partial charge in [0.25, 0.3) is 10.2 Å². The summed E-state index contributed by atoms with van der Waals surface area (Å²) in [4.78, 5) is 2.52. The average molecular weight is 501 g/mol. The first-order valence-electron chi connectivity index (χ1n) is 11.7. The number of piperidine rings is 2. The molecule has 3 aliphatic heterocycles. The second-order valence-corrected chi connectivity index (χ2v) is 13.5. The van der Waals surface area contributed by atoms with E-state index < -0.39 is 20.2 Å². The first-order valence-corrected chi connectivity index (χ1v) is 14.7. The lowest BCUT2D eigenvalue weighted by molar-refractivity contribution is 0.0219. The van der Waals surface area contributed by atoms with E-state index in [9.17, 15) is 16.8 Å². The molecule has 0 amide bonds. The molecular formula is C22H36N4O5S2. The molecule has 9 nitrogen and oxygen atoms in total. The highest BCUT2D eigenvalue weighted by Gasteiger charge is 2.45. The Labute approximate surface area is 198 Å². The van der Waals surface area contributed by atoms with Crippen LogP contribution in [0.5, 0.6) is 5.75 Å². The molecule has 1 aromatic carbocycles. The number of methoxy groups -OCH3 is 1. The second-order valence-electron chi connectivity index (χ2n) is 9.49. The summed E-state index contributed by atoms with van der Waals surface area (Å²) in [7, 11) is -2.47. The topological polar surface area (TPSA) is 99.3 Å². The van der Waals surface area contributed by atoms with E-state index in [0.717, 1.165) is 48.8 Å². The van der Waals surface area contributed by atoms with Crippen LogP contribution in [0, 0.1) is 5.92 Å². The molecule has 0 spiro atoms. The van der Waals surface area contributed by atoms with Crippen LogP contribution in [0.15, 0.2) is 18.2 Å². The van der Waals surface area contributed by atoms with Crippen LogP contribution in [0.2, 0.25) is 0 Å². The molecule has 33 heavy (non-hydrogen) atoms. The average Bonchev–Trinajstić information content (AvgIpc) is 2.79. The van der Waals surface area contributed by atoms with Crippen LogP contribution in [0.25, 0.3) is 0 Å². The molecule has 0 aromatic heterocycles. The van der Waals surface area contributed by atoms with Crippen LogP contribution in [-0.4, -0.2) is 89.5 Å². The molecule has 3 heterocycles. The number of benzene rings is 1. The van der Waals surface area contributed by atoms with Gasteiger partial charge in [0.1, 0.15) is 5.75 Å². The van der Waals surface area contributed by atoms with Crippen molar-refractivity contribution < 1.29 is 21.6 Å². The van der Waals surface area contributed by atoms with E-state index >= 15 is 0 Å². The molecule has 0 bridgehead atoms. The van der Waals surface area contributed by atoms with Gasteiger partial charge >= 0.3 is 0 Å². The number of hydrogen-bond donors (Lipinski definition) is 1. The Hall–Kier alpha value is -1.24. The monoisotopic (exact) mass is 500 g/mol. The van der Waals surface area contributed by atoms with Crippen molar-refractivity contribution in [1.29, 1.82) is 0 Å². The number of sulfonamides is 1. The summed E-state index contributed by atoms with van der Waals surface area (Å²) >= 11 is 0. The maximum absolute atomic E-state index is 13.3. The van der Waals surface area contributed by atoms with Crippen molar-refractivity contribution in [3.05, 3.63) is 29.3 Å². The Kier molecular flexibility index (Phi) is 7.38. The zero-order valence-electron chi connectivity index (χ0n) is 19.7. The molecule has 1 aromatic rings. The summed E-state index contributed by atoms with van der Waals surface area (Å²) < 4.78 is 61.1. The van der Waals surface area contributed by atoms with Gasteiger partial charge in [-0.1, -0.05) is 6.07 Å². The van der Waals surface area contributed by atoms with Crippen molar-refractivity contribution in [1.82, 2.24) is 18.2 Å². The molecule has 3 aliphatic rings. The third-order valence-corrected chi connectivity index (χ3v) is 10.8. The van der Waals surface area contributed by atoms with Gasteiger partial charge in [0.15, 0.2) is 0 Å². The maximum Gasteiger partial charge on any atom is 0.278 e. The molecule has 3 atom stereocenters. The standard InChI is InChI=1S/C22H36N4O5S2/c1-24(2)33(29,30)23-10-5-13-32(27,28)26-11-4-6-18-16-25-12-9-17-7-8-19(31-3)14-20(17)22(25)15-21(18)26/h7-8,14,18,21-23H,4-6,9-13,15-16H2,1-3H3/t18-,21+,22+/m1/s1. The number of ether oxygens (including phenoxy) is 1. The summed E-state index contributed by atoms with van der Waals surface area (Å²) in [5, 5.41) is 0. The van der Waals surface area contributed by atoms with Crippen molar-refractivity contribution in [2.45, 2.75) is 44.2 Å². The predicted molar refractivity (Wildman–Crippen MR) is 128 cm³/mol. The number of fused-ring (bicyclic) bond motifs is 4. The van der Waals surface area contributed by atoms with E-state index in [0.29, 0.717) is 12.5 Å². The molecule has 186 valence electrons. The normalized spacial score (nSPS) is 26.5. The fourth-order valence-electron chi connectivity index (χ4n) is 5.55. The summed E-state index contributed by atoms with van der Waals surface area (Å²) in [5.74, 6) is 1.13. The van der Waals surface area contributed by atoms with Crippen molar-refractivity contribution in [2.24, 2.45) is 5.92 Å². The molecule has 2 fully saturated rings. The van der Waals surface area contributed by atoms with E-state index in [1.807, 2.05) is 6.07 Å². The molecule has 1 N–H and O–H groups in total. The SMILES string of the molecule is COc1ccc2c(c1)[C@@H]1C[C@H]3[C@H](CCCN3S(=O)(=O)CCCNS(=O)(=O)N(C)C)CN1CC2. The number of rotatable bonds is 8. The minimum absolute atomic E-state index is 0.0133.